The first kappa shape index (κ1) is 6.14. The molecule has 0 bridgehead atoms. The number of nitrogens with one attached hydrogen (secondary N) is 2. The van der Waals surface area contributed by atoms with Crippen LogP contribution in [0.3, 0.4) is 0 Å². The van der Waals surface area contributed by atoms with Crippen molar-refractivity contribution in [3.05, 3.63) is 0 Å². The second-order valence-electron chi connectivity index (χ2n) is 3.28. The van der Waals surface area contributed by atoms with Crippen LogP contribution in [-0.2, 0) is 0 Å². The molecule has 2 N–H and O–H groups in total. The Morgan fingerprint density at radius 1 is 1.30 bits per heavy atom. The largest absolute Gasteiger partial charge is 0.315 e. The third-order valence-corrected chi connectivity index (χ3v) is 2.67. The molecule has 2 aliphatic rings. The molecular formula is C7H11N3. The molecule has 2 rings (SSSR count). The van der Waals surface area contributed by atoms with E-state index < -0.39 is 0 Å². The Morgan fingerprint density at radius 2 is 2.00 bits per heavy atom. The SMILES string of the molecule is N#CC1CNCC12CNC2. The molecule has 1 spiro atoms. The van der Waals surface area contributed by atoms with Gasteiger partial charge in [0.15, 0.2) is 0 Å². The molecule has 10 heavy (non-hydrogen) atoms. The molecule has 0 aliphatic carbocycles. The van der Waals surface area contributed by atoms with Crippen molar-refractivity contribution >= 4 is 0 Å². The van der Waals surface area contributed by atoms with E-state index in [1.807, 2.05) is 0 Å². The van der Waals surface area contributed by atoms with E-state index in [0.717, 1.165) is 26.2 Å². The van der Waals surface area contributed by atoms with Crippen LogP contribution in [0.2, 0.25) is 0 Å². The van der Waals surface area contributed by atoms with Crippen LogP contribution in [0.15, 0.2) is 0 Å². The maximum Gasteiger partial charge on any atom is 0.0680 e. The quantitative estimate of drug-likeness (QED) is 0.465. The van der Waals surface area contributed by atoms with Crippen molar-refractivity contribution in [2.75, 3.05) is 26.2 Å². The Kier molecular flexibility index (Phi) is 1.19. The van der Waals surface area contributed by atoms with Crippen LogP contribution in [-0.4, -0.2) is 26.2 Å². The number of nitrogens with zero attached hydrogens (tertiary/aromatic N) is 1. The molecule has 2 fully saturated rings. The summed E-state index contributed by atoms with van der Waals surface area (Å²) in [6.45, 7) is 3.97. The molecule has 0 saturated carbocycles. The molecule has 1 unspecified atom stereocenters. The third-order valence-electron chi connectivity index (χ3n) is 2.67. The van der Waals surface area contributed by atoms with Gasteiger partial charge in [-0.25, -0.2) is 0 Å². The molecule has 1 atom stereocenters. The number of hydrogen-bond acceptors (Lipinski definition) is 3. The first-order valence-electron chi connectivity index (χ1n) is 3.68. The van der Waals surface area contributed by atoms with Gasteiger partial charge in [0, 0.05) is 31.6 Å². The zero-order valence-corrected chi connectivity index (χ0v) is 5.85. The van der Waals surface area contributed by atoms with Crippen LogP contribution in [0.5, 0.6) is 0 Å². The van der Waals surface area contributed by atoms with Crippen molar-refractivity contribution in [2.45, 2.75) is 0 Å². The summed E-state index contributed by atoms with van der Waals surface area (Å²) in [5.74, 6) is 0.244. The molecule has 3 heteroatoms. The molecular weight excluding hydrogens is 126 g/mol. The molecule has 0 amide bonds. The van der Waals surface area contributed by atoms with Crippen LogP contribution in [0.4, 0.5) is 0 Å². The van der Waals surface area contributed by atoms with Gasteiger partial charge in [-0.2, -0.15) is 5.26 Å². The Morgan fingerprint density at radius 3 is 2.40 bits per heavy atom. The lowest BCUT2D eigenvalue weighted by atomic mass is 9.74. The second kappa shape index (κ2) is 1.94. The highest BCUT2D eigenvalue weighted by Crippen LogP contribution is 2.34. The highest BCUT2D eigenvalue weighted by atomic mass is 15.1. The highest BCUT2D eigenvalue weighted by Gasteiger charge is 2.47. The third kappa shape index (κ3) is 0.606. The predicted molar refractivity (Wildman–Crippen MR) is 37.3 cm³/mol. The van der Waals surface area contributed by atoms with Gasteiger partial charge >= 0.3 is 0 Å². The average molecular weight is 137 g/mol. The second-order valence-corrected chi connectivity index (χ2v) is 3.28. The van der Waals surface area contributed by atoms with Crippen LogP contribution in [0.25, 0.3) is 0 Å². The summed E-state index contributed by atoms with van der Waals surface area (Å²) < 4.78 is 0. The molecule has 2 aliphatic heterocycles. The van der Waals surface area contributed by atoms with E-state index in [2.05, 4.69) is 16.7 Å². The Labute approximate surface area is 60.4 Å². The summed E-state index contributed by atoms with van der Waals surface area (Å²) in [6, 6.07) is 2.35. The maximum atomic E-state index is 8.75. The molecule has 0 radical (unpaired) electrons. The lowest BCUT2D eigenvalue weighted by Gasteiger charge is -2.40. The zero-order chi connectivity index (χ0) is 7.03. The van der Waals surface area contributed by atoms with Gasteiger partial charge in [0.1, 0.15) is 0 Å². The van der Waals surface area contributed by atoms with E-state index >= 15 is 0 Å². The molecule has 0 aromatic heterocycles. The van der Waals surface area contributed by atoms with E-state index in [1.54, 1.807) is 0 Å². The van der Waals surface area contributed by atoms with Gasteiger partial charge in [-0.15, -0.1) is 0 Å². The minimum atomic E-state index is 0.244. The standard InChI is InChI=1S/C7H11N3/c8-1-6-2-9-3-7(6)4-10-5-7/h6,9-10H,2-5H2. The molecule has 3 nitrogen and oxygen atoms in total. The Bertz CT molecular complexity index is 178. The van der Waals surface area contributed by atoms with Crippen LogP contribution >= 0.6 is 0 Å². The first-order chi connectivity index (χ1) is 4.87. The topological polar surface area (TPSA) is 47.9 Å². The summed E-state index contributed by atoms with van der Waals surface area (Å²) in [6.07, 6.45) is 0. The van der Waals surface area contributed by atoms with Crippen molar-refractivity contribution < 1.29 is 0 Å². The average Bonchev–Trinajstić information content (AvgIpc) is 2.27. The van der Waals surface area contributed by atoms with E-state index in [9.17, 15) is 0 Å². The van der Waals surface area contributed by atoms with Crippen molar-refractivity contribution in [3.63, 3.8) is 0 Å². The van der Waals surface area contributed by atoms with E-state index in [4.69, 9.17) is 5.26 Å². The summed E-state index contributed by atoms with van der Waals surface area (Å²) >= 11 is 0. The minimum Gasteiger partial charge on any atom is -0.315 e. The van der Waals surface area contributed by atoms with Crippen molar-refractivity contribution in [1.82, 2.24) is 10.6 Å². The molecule has 0 aromatic rings. The molecule has 54 valence electrons. The fourth-order valence-corrected chi connectivity index (χ4v) is 1.81. The fraction of sp³-hybridized carbons (Fsp3) is 0.857. The molecule has 0 aromatic carbocycles. The lowest BCUT2D eigenvalue weighted by Crippen LogP contribution is -2.57. The predicted octanol–water partition coefficient (Wildman–Crippen LogP) is -0.681. The van der Waals surface area contributed by atoms with Gasteiger partial charge in [-0.05, 0) is 0 Å². The van der Waals surface area contributed by atoms with Gasteiger partial charge in [0.2, 0.25) is 0 Å². The molecule has 2 saturated heterocycles. The highest BCUT2D eigenvalue weighted by molar-refractivity contribution is 5.10. The van der Waals surface area contributed by atoms with E-state index in [-0.39, 0.29) is 5.92 Å². The zero-order valence-electron chi connectivity index (χ0n) is 5.85. The van der Waals surface area contributed by atoms with E-state index in [1.165, 1.54) is 0 Å². The summed E-state index contributed by atoms with van der Waals surface area (Å²) in [4.78, 5) is 0. The van der Waals surface area contributed by atoms with Gasteiger partial charge < -0.3 is 10.6 Å². The number of hydrogen-bond donors (Lipinski definition) is 2. The Balaban J connectivity index is 2.14. The van der Waals surface area contributed by atoms with Gasteiger partial charge in [-0.3, -0.25) is 0 Å². The summed E-state index contributed by atoms with van der Waals surface area (Å²) in [5.41, 5.74) is 0.300. The summed E-state index contributed by atoms with van der Waals surface area (Å²) in [7, 11) is 0. The van der Waals surface area contributed by atoms with Gasteiger partial charge in [0.05, 0.1) is 12.0 Å². The smallest absolute Gasteiger partial charge is 0.0680 e. The van der Waals surface area contributed by atoms with Crippen molar-refractivity contribution in [2.24, 2.45) is 11.3 Å². The minimum absolute atomic E-state index is 0.244. The molecule has 2 heterocycles. The summed E-state index contributed by atoms with van der Waals surface area (Å²) in [5, 5.41) is 15.2. The van der Waals surface area contributed by atoms with Gasteiger partial charge in [0.25, 0.3) is 0 Å². The normalized spacial score (nSPS) is 35.3. The first-order valence-corrected chi connectivity index (χ1v) is 3.68. The van der Waals surface area contributed by atoms with Gasteiger partial charge in [-0.1, -0.05) is 0 Å². The fourth-order valence-electron chi connectivity index (χ4n) is 1.81. The monoisotopic (exact) mass is 137 g/mol. The van der Waals surface area contributed by atoms with Crippen LogP contribution in [0, 0.1) is 22.7 Å². The van der Waals surface area contributed by atoms with Crippen molar-refractivity contribution in [3.8, 4) is 6.07 Å². The van der Waals surface area contributed by atoms with Crippen molar-refractivity contribution in [1.29, 1.82) is 5.26 Å². The van der Waals surface area contributed by atoms with Crippen LogP contribution in [0.1, 0.15) is 0 Å². The lowest BCUT2D eigenvalue weighted by molar-refractivity contribution is 0.159. The maximum absolute atomic E-state index is 8.75. The van der Waals surface area contributed by atoms with Crippen LogP contribution < -0.4 is 10.6 Å². The Hall–Kier alpha value is -0.590. The van der Waals surface area contributed by atoms with E-state index in [0.29, 0.717) is 5.41 Å². The number of nitriles is 1. The number of rotatable bonds is 0.